The van der Waals surface area contributed by atoms with E-state index in [1.807, 2.05) is 30.3 Å². The van der Waals surface area contributed by atoms with E-state index in [-0.39, 0.29) is 13.0 Å². The van der Waals surface area contributed by atoms with Gasteiger partial charge >= 0.3 is 12.0 Å². The minimum absolute atomic E-state index is 0.0575. The highest BCUT2D eigenvalue weighted by molar-refractivity contribution is 5.95. The topological polar surface area (TPSA) is 111 Å². The van der Waals surface area contributed by atoms with Crippen LogP contribution in [0.4, 0.5) is 10.5 Å². The number of nitrogens with two attached hydrogens (primary N) is 1. The van der Waals surface area contributed by atoms with Crippen LogP contribution in [0.3, 0.4) is 0 Å². The van der Waals surface area contributed by atoms with Crippen LogP contribution in [0.15, 0.2) is 67.3 Å². The van der Waals surface area contributed by atoms with Crippen molar-refractivity contribution < 1.29 is 19.1 Å². The number of anilines is 1. The first-order valence-electron chi connectivity index (χ1n) is 8.28. The van der Waals surface area contributed by atoms with E-state index >= 15 is 0 Å². The normalized spacial score (nSPS) is 11.1. The highest BCUT2D eigenvalue weighted by Crippen LogP contribution is 2.10. The average molecular weight is 367 g/mol. The first-order chi connectivity index (χ1) is 13.0. The van der Waals surface area contributed by atoms with E-state index in [1.165, 1.54) is 18.2 Å². The molecule has 7 nitrogen and oxygen atoms in total. The van der Waals surface area contributed by atoms with Crippen molar-refractivity contribution in [3.63, 3.8) is 0 Å². The van der Waals surface area contributed by atoms with E-state index in [0.29, 0.717) is 11.3 Å². The minimum atomic E-state index is -0.864. The molecule has 0 saturated carbocycles. The molecule has 27 heavy (non-hydrogen) atoms. The summed E-state index contributed by atoms with van der Waals surface area (Å²) in [5.74, 6) is -1.11. The monoisotopic (exact) mass is 367 g/mol. The van der Waals surface area contributed by atoms with Crippen molar-refractivity contribution in [3.05, 3.63) is 78.4 Å². The first-order valence-corrected chi connectivity index (χ1v) is 8.28. The van der Waals surface area contributed by atoms with Gasteiger partial charge in [0.25, 0.3) is 0 Å². The smallest absolute Gasteiger partial charge is 0.329 e. The van der Waals surface area contributed by atoms with Crippen molar-refractivity contribution in [2.24, 2.45) is 5.73 Å². The summed E-state index contributed by atoms with van der Waals surface area (Å²) in [7, 11) is 0. The maximum absolute atomic E-state index is 12.3. The second-order valence-electron chi connectivity index (χ2n) is 5.70. The summed E-state index contributed by atoms with van der Waals surface area (Å²) < 4.78 is 5.07. The Bertz CT molecular complexity index is 804. The van der Waals surface area contributed by atoms with Crippen molar-refractivity contribution in [2.45, 2.75) is 12.5 Å². The Morgan fingerprint density at radius 3 is 2.33 bits per heavy atom. The van der Waals surface area contributed by atoms with Crippen LogP contribution in [-0.4, -0.2) is 30.6 Å². The van der Waals surface area contributed by atoms with E-state index in [0.717, 1.165) is 5.56 Å². The molecule has 0 radical (unpaired) electrons. The Morgan fingerprint density at radius 2 is 1.74 bits per heavy atom. The van der Waals surface area contributed by atoms with E-state index in [4.69, 9.17) is 10.5 Å². The van der Waals surface area contributed by atoms with Crippen molar-refractivity contribution >= 4 is 23.6 Å². The number of rotatable bonds is 8. The van der Waals surface area contributed by atoms with E-state index in [9.17, 15) is 14.4 Å². The lowest BCUT2D eigenvalue weighted by Crippen LogP contribution is -2.45. The van der Waals surface area contributed by atoms with Crippen LogP contribution in [0.5, 0.6) is 0 Å². The number of carbonyl (C=O) groups is 3. The number of amides is 3. The second kappa shape index (κ2) is 9.76. The Labute approximate surface area is 157 Å². The third-order valence-corrected chi connectivity index (χ3v) is 3.64. The van der Waals surface area contributed by atoms with Gasteiger partial charge in [0.05, 0.1) is 0 Å². The van der Waals surface area contributed by atoms with Crippen LogP contribution in [0, 0.1) is 0 Å². The molecule has 1 atom stereocenters. The van der Waals surface area contributed by atoms with E-state index < -0.39 is 23.9 Å². The number of primary amides is 1. The maximum atomic E-state index is 12.3. The van der Waals surface area contributed by atoms with Crippen molar-refractivity contribution in [3.8, 4) is 0 Å². The van der Waals surface area contributed by atoms with E-state index in [1.54, 1.807) is 12.1 Å². The van der Waals surface area contributed by atoms with Gasteiger partial charge in [-0.05, 0) is 29.8 Å². The van der Waals surface area contributed by atoms with Crippen molar-refractivity contribution in [2.75, 3.05) is 11.9 Å². The van der Waals surface area contributed by atoms with Gasteiger partial charge in [0.2, 0.25) is 5.91 Å². The molecule has 2 aromatic rings. The molecule has 0 spiro atoms. The number of carbonyl (C=O) groups excluding carboxylic acids is 3. The Morgan fingerprint density at radius 1 is 1.07 bits per heavy atom. The molecule has 0 aromatic heterocycles. The zero-order valence-corrected chi connectivity index (χ0v) is 14.7. The largest absolute Gasteiger partial charge is 0.460 e. The van der Waals surface area contributed by atoms with Gasteiger partial charge in [0, 0.05) is 17.7 Å². The lowest BCUT2D eigenvalue weighted by molar-refractivity contribution is -0.144. The number of urea groups is 1. The number of hydrogen-bond donors (Lipinski definition) is 3. The molecular weight excluding hydrogens is 346 g/mol. The fourth-order valence-corrected chi connectivity index (χ4v) is 2.33. The lowest BCUT2D eigenvalue weighted by atomic mass is 10.1. The fourth-order valence-electron chi connectivity index (χ4n) is 2.33. The third-order valence-electron chi connectivity index (χ3n) is 3.64. The fraction of sp³-hybridized carbons (Fsp3) is 0.150. The van der Waals surface area contributed by atoms with E-state index in [2.05, 4.69) is 17.2 Å². The third kappa shape index (κ3) is 6.32. The number of esters is 1. The zero-order chi connectivity index (χ0) is 19.6. The van der Waals surface area contributed by atoms with Gasteiger partial charge in [0.1, 0.15) is 12.6 Å². The summed E-state index contributed by atoms with van der Waals surface area (Å²) in [5.41, 5.74) is 6.84. The molecule has 3 amide bonds. The van der Waals surface area contributed by atoms with Crippen LogP contribution >= 0.6 is 0 Å². The van der Waals surface area contributed by atoms with Gasteiger partial charge in [0.15, 0.2) is 0 Å². The highest BCUT2D eigenvalue weighted by Gasteiger charge is 2.22. The van der Waals surface area contributed by atoms with Crippen molar-refractivity contribution in [1.29, 1.82) is 0 Å². The van der Waals surface area contributed by atoms with Crippen LogP contribution in [0.2, 0.25) is 0 Å². The second-order valence-corrected chi connectivity index (χ2v) is 5.70. The molecule has 0 aliphatic heterocycles. The summed E-state index contributed by atoms with van der Waals surface area (Å²) in [6.45, 7) is 3.56. The number of hydrogen-bond acceptors (Lipinski definition) is 4. The molecule has 7 heteroatoms. The van der Waals surface area contributed by atoms with Gasteiger partial charge in [-0.3, -0.25) is 4.79 Å². The minimum Gasteiger partial charge on any atom is -0.460 e. The molecule has 2 rings (SSSR count). The Hall–Kier alpha value is -3.61. The molecule has 0 aliphatic carbocycles. The van der Waals surface area contributed by atoms with Gasteiger partial charge < -0.3 is 21.1 Å². The lowest BCUT2D eigenvalue weighted by Gasteiger charge is -2.18. The summed E-state index contributed by atoms with van der Waals surface area (Å²) in [4.78, 5) is 35.6. The van der Waals surface area contributed by atoms with Crippen LogP contribution < -0.4 is 16.4 Å². The van der Waals surface area contributed by atoms with Gasteiger partial charge in [-0.25, -0.2) is 9.59 Å². The summed E-state index contributed by atoms with van der Waals surface area (Å²) in [5, 5.41) is 5.21. The SMILES string of the molecule is C=CCOC(=O)C(Cc1ccccc1)NC(=O)Nc1ccc(C(N)=O)cc1. The molecule has 0 heterocycles. The summed E-state index contributed by atoms with van der Waals surface area (Å²) in [6, 6.07) is 13.9. The van der Waals surface area contributed by atoms with Crippen LogP contribution in [0.1, 0.15) is 15.9 Å². The molecule has 0 fully saturated rings. The molecule has 0 bridgehead atoms. The molecule has 2 aromatic carbocycles. The Kier molecular flexibility index (Phi) is 7.13. The van der Waals surface area contributed by atoms with Gasteiger partial charge in [-0.2, -0.15) is 0 Å². The molecule has 0 aliphatic rings. The molecule has 4 N–H and O–H groups in total. The predicted octanol–water partition coefficient (Wildman–Crippen LogP) is 2.25. The zero-order valence-electron chi connectivity index (χ0n) is 14.7. The number of benzene rings is 2. The highest BCUT2D eigenvalue weighted by atomic mass is 16.5. The number of nitrogens with one attached hydrogen (secondary N) is 2. The number of ether oxygens (including phenoxy) is 1. The molecule has 140 valence electrons. The standard InChI is InChI=1S/C20H21N3O4/c1-2-12-27-19(25)17(13-14-6-4-3-5-7-14)23-20(26)22-16-10-8-15(9-11-16)18(21)24/h2-11,17H,1,12-13H2,(H2,21,24)(H2,22,23,26). The average Bonchev–Trinajstić information content (AvgIpc) is 2.66. The molecule has 0 saturated heterocycles. The first kappa shape index (κ1) is 19.7. The molecule has 1 unspecified atom stereocenters. The van der Waals surface area contributed by atoms with Crippen LogP contribution in [-0.2, 0) is 16.0 Å². The quantitative estimate of drug-likeness (QED) is 0.491. The van der Waals surface area contributed by atoms with Gasteiger partial charge in [-0.15, -0.1) is 0 Å². The molecular formula is C20H21N3O4. The van der Waals surface area contributed by atoms with Crippen LogP contribution in [0.25, 0.3) is 0 Å². The predicted molar refractivity (Wildman–Crippen MR) is 102 cm³/mol. The summed E-state index contributed by atoms with van der Waals surface area (Å²) >= 11 is 0. The van der Waals surface area contributed by atoms with Gasteiger partial charge in [-0.1, -0.05) is 43.0 Å². The van der Waals surface area contributed by atoms with Crippen molar-refractivity contribution in [1.82, 2.24) is 5.32 Å². The maximum Gasteiger partial charge on any atom is 0.329 e. The summed E-state index contributed by atoms with van der Waals surface area (Å²) in [6.07, 6.45) is 1.74. The Balaban J connectivity index is 2.03.